The number of rotatable bonds is 4. The largest absolute Gasteiger partial charge is 0.246 e. The third-order valence-corrected chi connectivity index (χ3v) is 5.26. The zero-order valence-corrected chi connectivity index (χ0v) is 13.0. The minimum absolute atomic E-state index is 0.00713. The van der Waals surface area contributed by atoms with Crippen molar-refractivity contribution < 1.29 is 8.42 Å². The molecule has 0 bridgehead atoms. The van der Waals surface area contributed by atoms with Crippen molar-refractivity contribution in [2.45, 2.75) is 31.7 Å². The van der Waals surface area contributed by atoms with Gasteiger partial charge < -0.3 is 0 Å². The lowest BCUT2D eigenvalue weighted by atomic mass is 10.4. The Morgan fingerprint density at radius 3 is 2.59 bits per heavy atom. The lowest BCUT2D eigenvalue weighted by molar-refractivity contribution is 0.369. The van der Waals surface area contributed by atoms with Crippen LogP contribution in [0.1, 0.15) is 20.8 Å². The maximum atomic E-state index is 12.4. The fourth-order valence-corrected chi connectivity index (χ4v) is 4.09. The Labute approximate surface area is 115 Å². The summed E-state index contributed by atoms with van der Waals surface area (Å²) in [5.41, 5.74) is 0. The van der Waals surface area contributed by atoms with Gasteiger partial charge in [0, 0.05) is 23.3 Å². The van der Waals surface area contributed by atoms with Gasteiger partial charge >= 0.3 is 0 Å². The average molecular weight is 342 g/mol. The van der Waals surface area contributed by atoms with E-state index in [9.17, 15) is 8.42 Å². The number of hydrogen-bond acceptors (Lipinski definition) is 3. The van der Waals surface area contributed by atoms with Gasteiger partial charge in [-0.25, -0.2) is 13.4 Å². The minimum Gasteiger partial charge on any atom is -0.242 e. The first kappa shape index (κ1) is 14.9. The predicted octanol–water partition coefficient (Wildman–Crippen LogP) is 2.92. The smallest absolute Gasteiger partial charge is 0.242 e. The molecule has 0 amide bonds. The van der Waals surface area contributed by atoms with Gasteiger partial charge in [0.25, 0.3) is 0 Å². The maximum Gasteiger partial charge on any atom is 0.246 e. The lowest BCUT2D eigenvalue weighted by Gasteiger charge is -2.24. The molecule has 0 saturated carbocycles. The van der Waals surface area contributed by atoms with E-state index in [-0.39, 0.29) is 16.1 Å². The van der Waals surface area contributed by atoms with Crippen LogP contribution >= 0.6 is 27.5 Å². The third-order valence-electron chi connectivity index (χ3n) is 2.25. The molecule has 4 nitrogen and oxygen atoms in total. The number of aromatic nitrogens is 1. The summed E-state index contributed by atoms with van der Waals surface area (Å²) in [6, 6.07) is 1.34. The maximum absolute atomic E-state index is 12.4. The standard InChI is InChI=1S/C10H14BrClN2O2S/c1-4-14(7(2)3)17(15,16)9-5-8(11)6-13-10(9)12/h5-7H,4H2,1-3H3. The second-order valence-corrected chi connectivity index (χ2v) is 6.88. The Morgan fingerprint density at radius 2 is 2.12 bits per heavy atom. The van der Waals surface area contributed by atoms with Crippen LogP contribution in [0.15, 0.2) is 21.6 Å². The van der Waals surface area contributed by atoms with Crippen LogP contribution in [0.3, 0.4) is 0 Å². The molecule has 7 heteroatoms. The Morgan fingerprint density at radius 1 is 1.53 bits per heavy atom. The molecule has 96 valence electrons. The molecule has 0 aliphatic heterocycles. The monoisotopic (exact) mass is 340 g/mol. The first-order valence-electron chi connectivity index (χ1n) is 5.13. The van der Waals surface area contributed by atoms with E-state index in [0.717, 1.165) is 0 Å². The third kappa shape index (κ3) is 3.19. The zero-order chi connectivity index (χ0) is 13.2. The van der Waals surface area contributed by atoms with Crippen LogP contribution in [-0.4, -0.2) is 30.3 Å². The second-order valence-electron chi connectivity index (χ2n) is 3.74. The molecule has 1 heterocycles. The van der Waals surface area contributed by atoms with Gasteiger partial charge in [0.1, 0.15) is 10.0 Å². The number of pyridine rings is 1. The summed E-state index contributed by atoms with van der Waals surface area (Å²) in [4.78, 5) is 3.87. The molecule has 1 aromatic heterocycles. The Bertz CT molecular complexity index is 505. The van der Waals surface area contributed by atoms with Crippen LogP contribution in [0.2, 0.25) is 5.15 Å². The van der Waals surface area contributed by atoms with E-state index in [0.29, 0.717) is 11.0 Å². The molecule has 0 saturated heterocycles. The van der Waals surface area contributed by atoms with E-state index < -0.39 is 10.0 Å². The number of halogens is 2. The predicted molar refractivity (Wildman–Crippen MR) is 71.6 cm³/mol. The van der Waals surface area contributed by atoms with Crippen LogP contribution in [0, 0.1) is 0 Å². The summed E-state index contributed by atoms with van der Waals surface area (Å²) in [6.07, 6.45) is 1.47. The molecule has 0 atom stereocenters. The Balaban J connectivity index is 3.35. The molecule has 1 rings (SSSR count). The van der Waals surface area contributed by atoms with E-state index >= 15 is 0 Å². The summed E-state index contributed by atoms with van der Waals surface area (Å²) >= 11 is 9.04. The van der Waals surface area contributed by atoms with Crippen molar-refractivity contribution in [1.82, 2.24) is 9.29 Å². The van der Waals surface area contributed by atoms with Crippen molar-refractivity contribution in [3.63, 3.8) is 0 Å². The molecule has 0 N–H and O–H groups in total. The summed E-state index contributed by atoms with van der Waals surface area (Å²) in [6.45, 7) is 5.82. The van der Waals surface area contributed by atoms with Crippen LogP contribution in [0.4, 0.5) is 0 Å². The molecular weight excluding hydrogens is 328 g/mol. The number of hydrogen-bond donors (Lipinski definition) is 0. The van der Waals surface area contributed by atoms with Crippen LogP contribution < -0.4 is 0 Å². The van der Waals surface area contributed by atoms with Crippen LogP contribution in [-0.2, 0) is 10.0 Å². The second kappa shape index (κ2) is 5.65. The Hall–Kier alpha value is -0.170. The SMILES string of the molecule is CCN(C(C)C)S(=O)(=O)c1cc(Br)cnc1Cl. The van der Waals surface area contributed by atoms with E-state index in [2.05, 4.69) is 20.9 Å². The fraction of sp³-hybridized carbons (Fsp3) is 0.500. The van der Waals surface area contributed by atoms with Gasteiger partial charge in [-0.05, 0) is 35.8 Å². The van der Waals surface area contributed by atoms with Crippen molar-refractivity contribution in [2.24, 2.45) is 0 Å². The van der Waals surface area contributed by atoms with Gasteiger partial charge in [-0.1, -0.05) is 18.5 Å². The van der Waals surface area contributed by atoms with Crippen molar-refractivity contribution >= 4 is 37.6 Å². The van der Waals surface area contributed by atoms with Crippen LogP contribution in [0.25, 0.3) is 0 Å². The molecule has 17 heavy (non-hydrogen) atoms. The molecule has 0 aromatic carbocycles. The highest BCUT2D eigenvalue weighted by Gasteiger charge is 2.28. The fourth-order valence-electron chi connectivity index (χ4n) is 1.52. The van der Waals surface area contributed by atoms with Gasteiger partial charge in [0.05, 0.1) is 0 Å². The highest BCUT2D eigenvalue weighted by atomic mass is 79.9. The molecule has 0 unspecified atom stereocenters. The van der Waals surface area contributed by atoms with Crippen molar-refractivity contribution in [1.29, 1.82) is 0 Å². The molecule has 0 aliphatic rings. The van der Waals surface area contributed by atoms with E-state index in [4.69, 9.17) is 11.6 Å². The van der Waals surface area contributed by atoms with Gasteiger partial charge in [-0.15, -0.1) is 0 Å². The van der Waals surface area contributed by atoms with Crippen molar-refractivity contribution in [2.75, 3.05) is 6.54 Å². The first-order chi connectivity index (χ1) is 7.80. The molecule has 0 spiro atoms. The summed E-state index contributed by atoms with van der Waals surface area (Å²) in [7, 11) is -3.59. The highest BCUT2D eigenvalue weighted by Crippen LogP contribution is 2.26. The van der Waals surface area contributed by atoms with Crippen LogP contribution in [0.5, 0.6) is 0 Å². The van der Waals surface area contributed by atoms with Gasteiger partial charge in [-0.3, -0.25) is 0 Å². The first-order valence-corrected chi connectivity index (χ1v) is 7.74. The van der Waals surface area contributed by atoms with E-state index in [1.54, 1.807) is 6.92 Å². The molecule has 0 fully saturated rings. The number of nitrogens with zero attached hydrogens (tertiary/aromatic N) is 2. The molecule has 0 radical (unpaired) electrons. The number of sulfonamides is 1. The van der Waals surface area contributed by atoms with Gasteiger partial charge in [0.2, 0.25) is 10.0 Å². The molecular formula is C10H14BrClN2O2S. The van der Waals surface area contributed by atoms with Crippen molar-refractivity contribution in [3.05, 3.63) is 21.9 Å². The van der Waals surface area contributed by atoms with Gasteiger partial charge in [0.15, 0.2) is 0 Å². The summed E-state index contributed by atoms with van der Waals surface area (Å²) in [5, 5.41) is -0.00713. The normalized spacial score (nSPS) is 12.4. The van der Waals surface area contributed by atoms with E-state index in [1.807, 2.05) is 13.8 Å². The zero-order valence-electron chi connectivity index (χ0n) is 9.81. The quantitative estimate of drug-likeness (QED) is 0.791. The van der Waals surface area contributed by atoms with Gasteiger partial charge in [-0.2, -0.15) is 4.31 Å². The average Bonchev–Trinajstić information content (AvgIpc) is 2.21. The van der Waals surface area contributed by atoms with Crippen molar-refractivity contribution in [3.8, 4) is 0 Å². The highest BCUT2D eigenvalue weighted by molar-refractivity contribution is 9.10. The lowest BCUT2D eigenvalue weighted by Crippen LogP contribution is -2.36. The topological polar surface area (TPSA) is 50.3 Å². The Kier molecular flexibility index (Phi) is 4.95. The summed E-state index contributed by atoms with van der Waals surface area (Å²) in [5.74, 6) is 0. The summed E-state index contributed by atoms with van der Waals surface area (Å²) < 4.78 is 26.7. The molecule has 0 aliphatic carbocycles. The molecule has 1 aromatic rings. The van der Waals surface area contributed by atoms with E-state index in [1.165, 1.54) is 16.6 Å². The minimum atomic E-state index is -3.59.